The predicted molar refractivity (Wildman–Crippen MR) is 73.0 cm³/mol. The van der Waals surface area contributed by atoms with Gasteiger partial charge in [0.15, 0.2) is 0 Å². The highest BCUT2D eigenvalue weighted by Gasteiger charge is 2.09. The minimum atomic E-state index is 0.882. The minimum Gasteiger partial charge on any atom is -0.379 e. The molecule has 0 saturated carbocycles. The molecule has 18 heavy (non-hydrogen) atoms. The molecule has 5 heteroatoms. The Balaban J connectivity index is 1.68. The first kappa shape index (κ1) is 13.4. The molecule has 0 unspecified atom stereocenters. The second kappa shape index (κ2) is 6.75. The van der Waals surface area contributed by atoms with Crippen molar-refractivity contribution in [2.24, 2.45) is 0 Å². The predicted octanol–water partition coefficient (Wildman–Crippen LogP) is 1.35. The second-order valence-electron chi connectivity index (χ2n) is 4.73. The number of ether oxygens (including phenoxy) is 1. The molecule has 1 aliphatic heterocycles. The van der Waals surface area contributed by atoms with E-state index in [1.54, 1.807) is 0 Å². The van der Waals surface area contributed by atoms with E-state index >= 15 is 0 Å². The lowest BCUT2D eigenvalue weighted by molar-refractivity contribution is 0.0378. The maximum Gasteiger partial charge on any atom is 0.203 e. The number of nitrogens with one attached hydrogen (secondary N) is 1. The van der Waals surface area contributed by atoms with Gasteiger partial charge < -0.3 is 14.6 Å². The van der Waals surface area contributed by atoms with E-state index in [4.69, 9.17) is 4.74 Å². The lowest BCUT2D eigenvalue weighted by Crippen LogP contribution is -2.37. The molecule has 5 nitrogen and oxygen atoms in total. The van der Waals surface area contributed by atoms with Crippen molar-refractivity contribution in [3.63, 3.8) is 0 Å². The van der Waals surface area contributed by atoms with Crippen molar-refractivity contribution >= 4 is 5.95 Å². The lowest BCUT2D eigenvalue weighted by Gasteiger charge is -2.26. The van der Waals surface area contributed by atoms with Gasteiger partial charge in [0.2, 0.25) is 5.95 Å². The molecule has 0 amide bonds. The summed E-state index contributed by atoms with van der Waals surface area (Å²) in [5, 5.41) is 3.42. The third kappa shape index (κ3) is 3.71. The highest BCUT2D eigenvalue weighted by Crippen LogP contribution is 2.08. The fourth-order valence-electron chi connectivity index (χ4n) is 2.26. The molecule has 0 aliphatic carbocycles. The first-order valence-corrected chi connectivity index (χ1v) is 6.87. The van der Waals surface area contributed by atoms with E-state index in [-0.39, 0.29) is 0 Å². The SMILES string of the molecule is CCn1cc(C)nc1NCCCN1CCOCC1. The third-order valence-electron chi connectivity index (χ3n) is 3.28. The highest BCUT2D eigenvalue weighted by molar-refractivity contribution is 5.28. The van der Waals surface area contributed by atoms with Gasteiger partial charge in [-0.15, -0.1) is 0 Å². The molecule has 0 radical (unpaired) electrons. The summed E-state index contributed by atoms with van der Waals surface area (Å²) in [7, 11) is 0. The topological polar surface area (TPSA) is 42.3 Å². The van der Waals surface area contributed by atoms with Gasteiger partial charge in [-0.1, -0.05) is 0 Å². The van der Waals surface area contributed by atoms with E-state index in [2.05, 4.69) is 32.9 Å². The summed E-state index contributed by atoms with van der Waals surface area (Å²) in [4.78, 5) is 6.95. The van der Waals surface area contributed by atoms with Crippen LogP contribution in [-0.2, 0) is 11.3 Å². The molecule has 2 heterocycles. The van der Waals surface area contributed by atoms with Crippen molar-refractivity contribution in [2.75, 3.05) is 44.7 Å². The van der Waals surface area contributed by atoms with E-state index in [0.717, 1.165) is 64.0 Å². The van der Waals surface area contributed by atoms with Crippen LogP contribution >= 0.6 is 0 Å². The van der Waals surface area contributed by atoms with Crippen LogP contribution in [0.25, 0.3) is 0 Å². The number of nitrogens with zero attached hydrogens (tertiary/aromatic N) is 3. The molecule has 0 bridgehead atoms. The van der Waals surface area contributed by atoms with Crippen LogP contribution in [0.3, 0.4) is 0 Å². The molecule has 0 aromatic carbocycles. The molecule has 1 aromatic heterocycles. The highest BCUT2D eigenvalue weighted by atomic mass is 16.5. The molecule has 1 fully saturated rings. The summed E-state index contributed by atoms with van der Waals surface area (Å²) in [6.07, 6.45) is 3.24. The Morgan fingerprint density at radius 2 is 2.17 bits per heavy atom. The third-order valence-corrected chi connectivity index (χ3v) is 3.28. The van der Waals surface area contributed by atoms with Crippen molar-refractivity contribution in [3.05, 3.63) is 11.9 Å². The van der Waals surface area contributed by atoms with E-state index in [9.17, 15) is 0 Å². The number of hydrogen-bond acceptors (Lipinski definition) is 4. The van der Waals surface area contributed by atoms with Crippen molar-refractivity contribution < 1.29 is 4.74 Å². The van der Waals surface area contributed by atoms with Crippen molar-refractivity contribution in [2.45, 2.75) is 26.8 Å². The molecule has 1 N–H and O–H groups in total. The van der Waals surface area contributed by atoms with Gasteiger partial charge >= 0.3 is 0 Å². The average Bonchev–Trinajstić information content (AvgIpc) is 2.76. The zero-order valence-corrected chi connectivity index (χ0v) is 11.5. The number of aromatic nitrogens is 2. The summed E-state index contributed by atoms with van der Waals surface area (Å²) in [5.74, 6) is 0.997. The molecule has 1 aromatic rings. The van der Waals surface area contributed by atoms with Gasteiger partial charge in [0.05, 0.1) is 18.9 Å². The quantitative estimate of drug-likeness (QED) is 0.776. The zero-order valence-electron chi connectivity index (χ0n) is 11.5. The van der Waals surface area contributed by atoms with Crippen LogP contribution in [0.4, 0.5) is 5.95 Å². The zero-order chi connectivity index (χ0) is 12.8. The first-order valence-electron chi connectivity index (χ1n) is 6.87. The molecule has 1 aliphatic rings. The van der Waals surface area contributed by atoms with Crippen molar-refractivity contribution in [3.8, 4) is 0 Å². The van der Waals surface area contributed by atoms with Gasteiger partial charge in [-0.25, -0.2) is 4.98 Å². The molecule has 102 valence electrons. The number of aryl methyl sites for hydroxylation is 2. The summed E-state index contributed by atoms with van der Waals surface area (Å²) in [6.45, 7) is 11.2. The number of morpholine rings is 1. The van der Waals surface area contributed by atoms with E-state index in [1.165, 1.54) is 0 Å². The smallest absolute Gasteiger partial charge is 0.203 e. The Bertz CT molecular complexity index is 358. The Morgan fingerprint density at radius 3 is 2.89 bits per heavy atom. The largest absolute Gasteiger partial charge is 0.379 e. The van der Waals surface area contributed by atoms with Gasteiger partial charge in [0.1, 0.15) is 0 Å². The molecule has 2 rings (SSSR count). The maximum absolute atomic E-state index is 5.34. The Morgan fingerprint density at radius 1 is 1.39 bits per heavy atom. The Labute approximate surface area is 109 Å². The van der Waals surface area contributed by atoms with Crippen LogP contribution in [-0.4, -0.2) is 53.8 Å². The van der Waals surface area contributed by atoms with Crippen molar-refractivity contribution in [1.29, 1.82) is 0 Å². The van der Waals surface area contributed by atoms with E-state index in [1.807, 2.05) is 6.92 Å². The minimum absolute atomic E-state index is 0.882. The second-order valence-corrected chi connectivity index (χ2v) is 4.73. The van der Waals surface area contributed by atoms with Crippen LogP contribution in [0.1, 0.15) is 19.0 Å². The van der Waals surface area contributed by atoms with Gasteiger partial charge in [-0.2, -0.15) is 0 Å². The number of anilines is 1. The van der Waals surface area contributed by atoms with Crippen LogP contribution in [0.2, 0.25) is 0 Å². The summed E-state index contributed by atoms with van der Waals surface area (Å²) in [6, 6.07) is 0. The number of imidazole rings is 1. The van der Waals surface area contributed by atoms with Gasteiger partial charge in [-0.05, 0) is 26.8 Å². The maximum atomic E-state index is 5.34. The van der Waals surface area contributed by atoms with Crippen LogP contribution in [0.15, 0.2) is 6.20 Å². The monoisotopic (exact) mass is 252 g/mol. The molecule has 0 spiro atoms. The fourth-order valence-corrected chi connectivity index (χ4v) is 2.26. The summed E-state index contributed by atoms with van der Waals surface area (Å²) >= 11 is 0. The average molecular weight is 252 g/mol. The Hall–Kier alpha value is -1.07. The van der Waals surface area contributed by atoms with E-state index in [0.29, 0.717) is 0 Å². The summed E-state index contributed by atoms with van der Waals surface area (Å²) in [5.41, 5.74) is 1.08. The standard InChI is InChI=1S/C13H24N4O/c1-3-17-11-12(2)15-13(17)14-5-4-6-16-7-9-18-10-8-16/h11H,3-10H2,1-2H3,(H,14,15). The van der Waals surface area contributed by atoms with Crippen LogP contribution < -0.4 is 5.32 Å². The molecule has 0 atom stereocenters. The first-order chi connectivity index (χ1) is 8.79. The van der Waals surface area contributed by atoms with Crippen LogP contribution in [0, 0.1) is 6.92 Å². The number of rotatable bonds is 6. The molecule has 1 saturated heterocycles. The molecular formula is C13H24N4O. The molecular weight excluding hydrogens is 228 g/mol. The van der Waals surface area contributed by atoms with Gasteiger partial charge in [-0.3, -0.25) is 4.90 Å². The van der Waals surface area contributed by atoms with Crippen molar-refractivity contribution in [1.82, 2.24) is 14.5 Å². The van der Waals surface area contributed by atoms with Gasteiger partial charge in [0.25, 0.3) is 0 Å². The normalized spacial score (nSPS) is 17.0. The number of hydrogen-bond donors (Lipinski definition) is 1. The summed E-state index contributed by atoms with van der Waals surface area (Å²) < 4.78 is 7.49. The van der Waals surface area contributed by atoms with Crippen LogP contribution in [0.5, 0.6) is 0 Å². The lowest BCUT2D eigenvalue weighted by atomic mass is 10.3. The van der Waals surface area contributed by atoms with E-state index < -0.39 is 0 Å². The Kier molecular flexibility index (Phi) is 5.01. The fraction of sp³-hybridized carbons (Fsp3) is 0.769. The van der Waals surface area contributed by atoms with Gasteiger partial charge in [0, 0.05) is 32.4 Å².